The maximum atomic E-state index is 10.9. The minimum Gasteiger partial charge on any atom is -0.371 e. The molecule has 0 saturated carbocycles. The third-order valence-electron chi connectivity index (χ3n) is 2.88. The summed E-state index contributed by atoms with van der Waals surface area (Å²) in [5.74, 6) is 0.509. The Morgan fingerprint density at radius 1 is 1.39 bits per heavy atom. The second kappa shape index (κ2) is 4.33. The fourth-order valence-electron chi connectivity index (χ4n) is 1.91. The largest absolute Gasteiger partial charge is 0.371 e. The maximum Gasteiger partial charge on any atom is 0.237 e. The first kappa shape index (κ1) is 12.4. The van der Waals surface area contributed by atoms with Crippen molar-refractivity contribution in [1.29, 1.82) is 0 Å². The van der Waals surface area contributed by atoms with E-state index < -0.39 is 0 Å². The van der Waals surface area contributed by atoms with Gasteiger partial charge in [-0.15, -0.1) is 0 Å². The molecule has 1 aliphatic rings. The van der Waals surface area contributed by atoms with Crippen LogP contribution in [-0.2, 0) is 4.79 Å². The lowest BCUT2D eigenvalue weighted by atomic mass is 9.98. The number of hydrogen-bond donors (Lipinski definition) is 3. The molecule has 1 amide bonds. The number of amides is 1. The number of anilines is 2. The second-order valence-corrected chi connectivity index (χ2v) is 5.00. The quantitative estimate of drug-likeness (QED) is 0.664. The average molecular weight is 246 g/mol. The molecule has 5 heteroatoms. The minimum atomic E-state index is -0.358. The van der Waals surface area contributed by atoms with Gasteiger partial charge in [-0.2, -0.15) is 5.10 Å². The molecule has 1 heterocycles. The molecule has 0 saturated heterocycles. The Balaban J connectivity index is 2.38. The normalized spacial score (nSPS) is 18.6. The number of aryl methyl sites for hydroxylation is 1. The van der Waals surface area contributed by atoms with E-state index in [1.165, 1.54) is 6.92 Å². The smallest absolute Gasteiger partial charge is 0.237 e. The lowest BCUT2D eigenvalue weighted by molar-refractivity contribution is -0.118. The van der Waals surface area contributed by atoms with Gasteiger partial charge < -0.3 is 10.6 Å². The summed E-state index contributed by atoms with van der Waals surface area (Å²) in [6, 6.07) is 6.06. The summed E-state index contributed by atoms with van der Waals surface area (Å²) < 4.78 is 0. The predicted molar refractivity (Wildman–Crippen MR) is 73.8 cm³/mol. The Hall–Kier alpha value is -2.04. The summed E-state index contributed by atoms with van der Waals surface area (Å²) in [6.07, 6.45) is 0. The van der Waals surface area contributed by atoms with E-state index in [0.717, 1.165) is 16.9 Å². The van der Waals surface area contributed by atoms with Gasteiger partial charge >= 0.3 is 0 Å². The van der Waals surface area contributed by atoms with Gasteiger partial charge in [0.15, 0.2) is 5.84 Å². The summed E-state index contributed by atoms with van der Waals surface area (Å²) >= 11 is 0. The van der Waals surface area contributed by atoms with Gasteiger partial charge in [-0.05, 0) is 32.4 Å². The van der Waals surface area contributed by atoms with Gasteiger partial charge in [0.25, 0.3) is 0 Å². The van der Waals surface area contributed by atoms with Crippen molar-refractivity contribution in [2.75, 3.05) is 10.6 Å². The maximum absolute atomic E-state index is 10.9. The molecule has 0 atom stereocenters. The van der Waals surface area contributed by atoms with Gasteiger partial charge in [-0.1, -0.05) is 12.1 Å². The van der Waals surface area contributed by atoms with E-state index >= 15 is 0 Å². The lowest BCUT2D eigenvalue weighted by Crippen LogP contribution is -2.49. The minimum absolute atomic E-state index is 0.185. The van der Waals surface area contributed by atoms with Crippen LogP contribution >= 0.6 is 0 Å². The third kappa shape index (κ3) is 2.30. The van der Waals surface area contributed by atoms with E-state index in [9.17, 15) is 4.79 Å². The van der Waals surface area contributed by atoms with Crippen LogP contribution in [0.4, 0.5) is 11.4 Å². The highest BCUT2D eigenvalue weighted by Gasteiger charge is 2.31. The summed E-state index contributed by atoms with van der Waals surface area (Å²) in [4.78, 5) is 10.9. The summed E-state index contributed by atoms with van der Waals surface area (Å²) in [6.45, 7) is 7.48. The SMILES string of the molecule is CC(=O)N/N=C1\Nc2c(C)cccc2NC1(C)C. The molecule has 0 aromatic heterocycles. The Bertz CT molecular complexity index is 520. The molecule has 5 nitrogen and oxygen atoms in total. The molecule has 0 fully saturated rings. The van der Waals surface area contributed by atoms with Gasteiger partial charge in [0, 0.05) is 6.92 Å². The number of hydrazone groups is 1. The van der Waals surface area contributed by atoms with E-state index in [2.05, 4.69) is 21.2 Å². The van der Waals surface area contributed by atoms with Crippen LogP contribution in [0.15, 0.2) is 23.3 Å². The fourth-order valence-corrected chi connectivity index (χ4v) is 1.91. The molecule has 0 spiro atoms. The number of para-hydroxylation sites is 1. The van der Waals surface area contributed by atoms with E-state index in [0.29, 0.717) is 5.84 Å². The number of carbonyl (C=O) groups is 1. The number of fused-ring (bicyclic) bond motifs is 1. The second-order valence-electron chi connectivity index (χ2n) is 5.00. The van der Waals surface area contributed by atoms with Gasteiger partial charge in [-0.3, -0.25) is 4.79 Å². The van der Waals surface area contributed by atoms with Crippen LogP contribution in [-0.4, -0.2) is 17.3 Å². The first-order valence-corrected chi connectivity index (χ1v) is 5.90. The van der Waals surface area contributed by atoms with E-state index in [1.54, 1.807) is 0 Å². The third-order valence-corrected chi connectivity index (χ3v) is 2.88. The van der Waals surface area contributed by atoms with Crippen molar-refractivity contribution in [1.82, 2.24) is 5.43 Å². The highest BCUT2D eigenvalue weighted by atomic mass is 16.2. The van der Waals surface area contributed by atoms with Crippen LogP contribution in [0.5, 0.6) is 0 Å². The van der Waals surface area contributed by atoms with E-state index in [4.69, 9.17) is 0 Å². The van der Waals surface area contributed by atoms with E-state index in [1.807, 2.05) is 39.0 Å². The molecule has 2 rings (SSSR count). The average Bonchev–Trinajstić information content (AvgIpc) is 2.25. The standard InChI is InChI=1S/C13H18N4O/c1-8-6-5-7-10-11(8)14-12(13(3,4)15-10)17-16-9(2)18/h5-7,15H,1-4H3,(H,14,17)(H,16,18). The zero-order chi connectivity index (χ0) is 13.3. The van der Waals surface area contributed by atoms with Crippen LogP contribution in [0.1, 0.15) is 26.3 Å². The lowest BCUT2D eigenvalue weighted by Gasteiger charge is -2.36. The van der Waals surface area contributed by atoms with Crippen LogP contribution in [0.3, 0.4) is 0 Å². The van der Waals surface area contributed by atoms with Crippen molar-refractivity contribution in [2.24, 2.45) is 5.10 Å². The van der Waals surface area contributed by atoms with Gasteiger partial charge in [-0.25, -0.2) is 5.43 Å². The van der Waals surface area contributed by atoms with Gasteiger partial charge in [0.2, 0.25) is 5.91 Å². The molecule has 0 radical (unpaired) electrons. The van der Waals surface area contributed by atoms with Crippen molar-refractivity contribution in [3.8, 4) is 0 Å². The number of amidine groups is 1. The number of hydrogen-bond acceptors (Lipinski definition) is 3. The molecule has 18 heavy (non-hydrogen) atoms. The molecule has 1 aromatic carbocycles. The van der Waals surface area contributed by atoms with Crippen molar-refractivity contribution < 1.29 is 4.79 Å². The molecule has 3 N–H and O–H groups in total. The highest BCUT2D eigenvalue weighted by molar-refractivity contribution is 6.09. The number of rotatable bonds is 1. The summed E-state index contributed by atoms with van der Waals surface area (Å²) in [5, 5.41) is 10.8. The van der Waals surface area contributed by atoms with Crippen molar-refractivity contribution in [3.05, 3.63) is 23.8 Å². The summed E-state index contributed by atoms with van der Waals surface area (Å²) in [5.41, 5.74) is 5.28. The number of nitrogens with one attached hydrogen (secondary N) is 3. The van der Waals surface area contributed by atoms with Crippen LogP contribution in [0.25, 0.3) is 0 Å². The Morgan fingerprint density at radius 3 is 2.78 bits per heavy atom. The van der Waals surface area contributed by atoms with E-state index in [-0.39, 0.29) is 11.4 Å². The molecule has 1 aromatic rings. The van der Waals surface area contributed by atoms with Crippen molar-refractivity contribution in [2.45, 2.75) is 33.2 Å². The molecule has 0 unspecified atom stereocenters. The van der Waals surface area contributed by atoms with Crippen LogP contribution in [0.2, 0.25) is 0 Å². The fraction of sp³-hybridized carbons (Fsp3) is 0.385. The Kier molecular flexibility index (Phi) is 2.98. The molecular weight excluding hydrogens is 228 g/mol. The predicted octanol–water partition coefficient (Wildman–Crippen LogP) is 2.06. The van der Waals surface area contributed by atoms with Crippen LogP contribution < -0.4 is 16.1 Å². The van der Waals surface area contributed by atoms with Gasteiger partial charge in [0.1, 0.15) is 0 Å². The Labute approximate surface area is 107 Å². The van der Waals surface area contributed by atoms with Crippen molar-refractivity contribution >= 4 is 23.1 Å². The number of nitrogens with zero attached hydrogens (tertiary/aromatic N) is 1. The molecular formula is C13H18N4O. The number of benzene rings is 1. The Morgan fingerprint density at radius 2 is 2.11 bits per heavy atom. The first-order valence-electron chi connectivity index (χ1n) is 5.90. The highest BCUT2D eigenvalue weighted by Crippen LogP contribution is 2.33. The molecule has 0 bridgehead atoms. The molecule has 96 valence electrons. The first-order chi connectivity index (χ1) is 8.40. The summed E-state index contributed by atoms with van der Waals surface area (Å²) in [7, 11) is 0. The number of carbonyl (C=O) groups excluding carboxylic acids is 1. The molecule has 1 aliphatic heterocycles. The van der Waals surface area contributed by atoms with Crippen molar-refractivity contribution in [3.63, 3.8) is 0 Å². The topological polar surface area (TPSA) is 65.5 Å². The molecule has 0 aliphatic carbocycles. The van der Waals surface area contributed by atoms with Gasteiger partial charge in [0.05, 0.1) is 16.9 Å². The zero-order valence-corrected chi connectivity index (χ0v) is 11.1. The zero-order valence-electron chi connectivity index (χ0n) is 11.1. The monoisotopic (exact) mass is 246 g/mol. The van der Waals surface area contributed by atoms with Crippen LogP contribution in [0, 0.1) is 6.92 Å².